The van der Waals surface area contributed by atoms with Crippen molar-refractivity contribution in [2.45, 2.75) is 23.8 Å². The summed E-state index contributed by atoms with van der Waals surface area (Å²) in [5.74, 6) is 4.00. The van der Waals surface area contributed by atoms with E-state index in [0.29, 0.717) is 0 Å². The zero-order chi connectivity index (χ0) is 13.2. The molecule has 96 valence electrons. The van der Waals surface area contributed by atoms with Crippen LogP contribution in [0.25, 0.3) is 0 Å². The van der Waals surface area contributed by atoms with Crippen LogP contribution in [0.4, 0.5) is 4.39 Å². The normalized spacial score (nSPS) is 15.0. The number of hydrogen-bond donors (Lipinski definition) is 2. The van der Waals surface area contributed by atoms with E-state index < -0.39 is 15.8 Å². The number of aliphatic hydroxyl groups is 1. The van der Waals surface area contributed by atoms with E-state index in [9.17, 15) is 12.8 Å². The minimum absolute atomic E-state index is 0.0214. The Hall–Kier alpha value is -1.42. The minimum Gasteiger partial charge on any atom is -0.384 e. The Kier molecular flexibility index (Phi) is 3.66. The second-order valence-corrected chi connectivity index (χ2v) is 5.71. The molecule has 0 saturated heterocycles. The van der Waals surface area contributed by atoms with Crippen molar-refractivity contribution in [3.63, 3.8) is 0 Å². The van der Waals surface area contributed by atoms with E-state index >= 15 is 0 Å². The van der Waals surface area contributed by atoms with Crippen LogP contribution in [-0.2, 0) is 10.0 Å². The lowest BCUT2D eigenvalue weighted by Crippen LogP contribution is -2.25. The molecule has 1 saturated carbocycles. The topological polar surface area (TPSA) is 66.4 Å². The first kappa shape index (κ1) is 13.0. The second-order valence-electron chi connectivity index (χ2n) is 4.00. The smallest absolute Gasteiger partial charge is 0.240 e. The summed E-state index contributed by atoms with van der Waals surface area (Å²) in [5.41, 5.74) is 0.0643. The standard InChI is InChI=1S/C12H12FNO3S/c13-12-8-11(6-3-9(12)2-1-7-15)18(16,17)14-10-4-5-10/h3,6,8,10,14-15H,4-5,7H2. The quantitative estimate of drug-likeness (QED) is 0.790. The number of nitrogens with one attached hydrogen (secondary N) is 1. The van der Waals surface area contributed by atoms with Gasteiger partial charge in [0.05, 0.1) is 10.5 Å². The van der Waals surface area contributed by atoms with Crippen LogP contribution >= 0.6 is 0 Å². The molecule has 0 bridgehead atoms. The number of halogens is 1. The summed E-state index contributed by atoms with van der Waals surface area (Å²) in [6, 6.07) is 3.51. The van der Waals surface area contributed by atoms with Crippen molar-refractivity contribution in [2.75, 3.05) is 6.61 Å². The van der Waals surface area contributed by atoms with Gasteiger partial charge in [0, 0.05) is 6.04 Å². The van der Waals surface area contributed by atoms with Gasteiger partial charge in [-0.3, -0.25) is 0 Å². The van der Waals surface area contributed by atoms with E-state index in [-0.39, 0.29) is 23.1 Å². The van der Waals surface area contributed by atoms with E-state index in [0.717, 1.165) is 18.9 Å². The Morgan fingerprint density at radius 3 is 2.72 bits per heavy atom. The third-order valence-corrected chi connectivity index (χ3v) is 3.97. The minimum atomic E-state index is -3.64. The fourth-order valence-electron chi connectivity index (χ4n) is 1.39. The molecule has 1 fully saturated rings. The maximum absolute atomic E-state index is 13.6. The molecule has 0 unspecified atom stereocenters. The van der Waals surface area contributed by atoms with E-state index in [1.807, 2.05) is 0 Å². The molecule has 0 aromatic heterocycles. The Bertz CT molecular complexity index is 612. The molecular weight excluding hydrogens is 257 g/mol. The molecule has 0 aliphatic heterocycles. The van der Waals surface area contributed by atoms with Crippen molar-refractivity contribution in [1.29, 1.82) is 0 Å². The number of rotatable bonds is 3. The average molecular weight is 269 g/mol. The Labute approximate surface area is 105 Å². The molecule has 18 heavy (non-hydrogen) atoms. The van der Waals surface area contributed by atoms with Gasteiger partial charge in [0.15, 0.2) is 0 Å². The summed E-state index contributed by atoms with van der Waals surface area (Å²) in [6.07, 6.45) is 1.64. The highest BCUT2D eigenvalue weighted by atomic mass is 32.2. The van der Waals surface area contributed by atoms with Crippen LogP contribution < -0.4 is 4.72 Å². The number of benzene rings is 1. The summed E-state index contributed by atoms with van der Waals surface area (Å²) < 4.78 is 39.7. The first-order valence-electron chi connectivity index (χ1n) is 5.44. The van der Waals surface area contributed by atoms with Gasteiger partial charge in [-0.05, 0) is 31.0 Å². The lowest BCUT2D eigenvalue weighted by Gasteiger charge is -2.05. The molecule has 6 heteroatoms. The van der Waals surface area contributed by atoms with Crippen LogP contribution in [0.3, 0.4) is 0 Å². The van der Waals surface area contributed by atoms with E-state index in [1.54, 1.807) is 0 Å². The van der Waals surface area contributed by atoms with Gasteiger partial charge in [-0.1, -0.05) is 11.8 Å². The first-order chi connectivity index (χ1) is 8.53. The zero-order valence-corrected chi connectivity index (χ0v) is 10.3. The SMILES string of the molecule is O=S(=O)(NC1CC1)c1ccc(C#CCO)c(F)c1. The summed E-state index contributed by atoms with van der Waals surface area (Å²) in [7, 11) is -3.64. The average Bonchev–Trinajstić information content (AvgIpc) is 3.10. The third kappa shape index (κ3) is 3.07. The van der Waals surface area contributed by atoms with Crippen molar-refractivity contribution in [3.8, 4) is 11.8 Å². The maximum atomic E-state index is 13.6. The summed E-state index contributed by atoms with van der Waals surface area (Å²) in [6.45, 7) is -0.372. The van der Waals surface area contributed by atoms with Crippen molar-refractivity contribution in [3.05, 3.63) is 29.6 Å². The highest BCUT2D eigenvalue weighted by molar-refractivity contribution is 7.89. The Morgan fingerprint density at radius 1 is 1.44 bits per heavy atom. The second kappa shape index (κ2) is 5.06. The zero-order valence-electron chi connectivity index (χ0n) is 9.48. The highest BCUT2D eigenvalue weighted by Crippen LogP contribution is 2.22. The molecule has 2 rings (SSSR count). The predicted octanol–water partition coefficient (Wildman–Crippen LogP) is 0.610. The molecule has 2 N–H and O–H groups in total. The van der Waals surface area contributed by atoms with Gasteiger partial charge in [0.25, 0.3) is 0 Å². The summed E-state index contributed by atoms with van der Waals surface area (Å²) in [5, 5.41) is 8.51. The van der Waals surface area contributed by atoms with Crippen molar-refractivity contribution >= 4 is 10.0 Å². The van der Waals surface area contributed by atoms with Crippen molar-refractivity contribution in [1.82, 2.24) is 4.72 Å². The molecule has 1 aromatic rings. The van der Waals surface area contributed by atoms with Crippen LogP contribution in [-0.4, -0.2) is 26.2 Å². The van der Waals surface area contributed by atoms with Gasteiger partial charge in [0.1, 0.15) is 12.4 Å². The fourth-order valence-corrected chi connectivity index (χ4v) is 2.70. The predicted molar refractivity (Wildman–Crippen MR) is 63.7 cm³/mol. The number of hydrogen-bond acceptors (Lipinski definition) is 3. The lowest BCUT2D eigenvalue weighted by atomic mass is 10.2. The monoisotopic (exact) mass is 269 g/mol. The third-order valence-electron chi connectivity index (χ3n) is 2.45. The molecule has 0 heterocycles. The van der Waals surface area contributed by atoms with E-state index in [1.165, 1.54) is 12.1 Å². The molecular formula is C12H12FNO3S. The van der Waals surface area contributed by atoms with Crippen LogP contribution in [0.15, 0.2) is 23.1 Å². The lowest BCUT2D eigenvalue weighted by molar-refractivity contribution is 0.350. The summed E-state index contributed by atoms with van der Waals surface area (Å²) in [4.78, 5) is -0.110. The molecule has 0 amide bonds. The van der Waals surface area contributed by atoms with Gasteiger partial charge in [-0.15, -0.1) is 0 Å². The van der Waals surface area contributed by atoms with Crippen LogP contribution in [0.5, 0.6) is 0 Å². The number of sulfonamides is 1. The molecule has 1 aliphatic carbocycles. The Balaban J connectivity index is 2.27. The Morgan fingerprint density at radius 2 is 2.17 bits per heavy atom. The molecule has 4 nitrogen and oxygen atoms in total. The van der Waals surface area contributed by atoms with Gasteiger partial charge in [-0.25, -0.2) is 17.5 Å². The van der Waals surface area contributed by atoms with Crippen LogP contribution in [0.2, 0.25) is 0 Å². The molecule has 1 aliphatic rings. The van der Waals surface area contributed by atoms with Crippen LogP contribution in [0, 0.1) is 17.7 Å². The van der Waals surface area contributed by atoms with Crippen molar-refractivity contribution < 1.29 is 17.9 Å². The first-order valence-corrected chi connectivity index (χ1v) is 6.93. The van der Waals surface area contributed by atoms with Gasteiger partial charge >= 0.3 is 0 Å². The fraction of sp³-hybridized carbons (Fsp3) is 0.333. The van der Waals surface area contributed by atoms with E-state index in [2.05, 4.69) is 16.6 Å². The van der Waals surface area contributed by atoms with Crippen molar-refractivity contribution in [2.24, 2.45) is 0 Å². The highest BCUT2D eigenvalue weighted by Gasteiger charge is 2.28. The number of aliphatic hydroxyl groups excluding tert-OH is 1. The van der Waals surface area contributed by atoms with Gasteiger partial charge in [-0.2, -0.15) is 0 Å². The van der Waals surface area contributed by atoms with Crippen LogP contribution in [0.1, 0.15) is 18.4 Å². The summed E-state index contributed by atoms with van der Waals surface area (Å²) >= 11 is 0. The maximum Gasteiger partial charge on any atom is 0.240 e. The van der Waals surface area contributed by atoms with Gasteiger partial charge in [0.2, 0.25) is 10.0 Å². The largest absolute Gasteiger partial charge is 0.384 e. The van der Waals surface area contributed by atoms with Gasteiger partial charge < -0.3 is 5.11 Å². The molecule has 1 aromatic carbocycles. The molecule has 0 radical (unpaired) electrons. The molecule has 0 atom stereocenters. The van der Waals surface area contributed by atoms with E-state index in [4.69, 9.17) is 5.11 Å². The molecule has 0 spiro atoms.